The van der Waals surface area contributed by atoms with Gasteiger partial charge in [0.15, 0.2) is 19.7 Å². The second-order valence-corrected chi connectivity index (χ2v) is 7.76. The molecule has 10 heteroatoms. The lowest BCUT2D eigenvalue weighted by Gasteiger charge is -2.08. The van der Waals surface area contributed by atoms with Gasteiger partial charge >= 0.3 is 0 Å². The Bertz CT molecular complexity index is 618. The van der Waals surface area contributed by atoms with Crippen molar-refractivity contribution in [3.8, 4) is 0 Å². The first kappa shape index (κ1) is 18.3. The third kappa shape index (κ3) is 6.48. The molecule has 0 rings (SSSR count). The van der Waals surface area contributed by atoms with Crippen molar-refractivity contribution in [3.05, 3.63) is 23.5 Å². The molecule has 8 nitrogen and oxygen atoms in total. The summed E-state index contributed by atoms with van der Waals surface area (Å²) in [6, 6.07) is 0. The van der Waals surface area contributed by atoms with Gasteiger partial charge in [0.1, 0.15) is 11.5 Å². The first-order valence-electron chi connectivity index (χ1n) is 5.27. The van der Waals surface area contributed by atoms with E-state index in [1.54, 1.807) is 0 Å². The van der Waals surface area contributed by atoms with Gasteiger partial charge in [-0.2, -0.15) is 0 Å². The van der Waals surface area contributed by atoms with E-state index in [0.717, 1.165) is 0 Å². The van der Waals surface area contributed by atoms with Crippen molar-refractivity contribution in [2.24, 2.45) is 0 Å². The van der Waals surface area contributed by atoms with Crippen LogP contribution in [0.5, 0.6) is 0 Å². The van der Waals surface area contributed by atoms with Crippen LogP contribution in [0.1, 0.15) is 0 Å². The minimum Gasteiger partial charge on any atom is -0.358 e. The number of nitrogens with one attached hydrogen (secondary N) is 2. The molecule has 0 saturated heterocycles. The summed E-state index contributed by atoms with van der Waals surface area (Å²) in [4.78, 5) is 21.9. The number of amides is 2. The van der Waals surface area contributed by atoms with Gasteiger partial charge < -0.3 is 10.6 Å². The highest BCUT2D eigenvalue weighted by atomic mass is 32.2. The lowest BCUT2D eigenvalue weighted by molar-refractivity contribution is -0.119. The molecule has 0 bridgehead atoms. The maximum Gasteiger partial charge on any atom is 0.235 e. The predicted molar refractivity (Wildman–Crippen MR) is 74.0 cm³/mol. The molecule has 0 aliphatic rings. The summed E-state index contributed by atoms with van der Waals surface area (Å²) in [5, 5.41) is 4.87. The summed E-state index contributed by atoms with van der Waals surface area (Å²) < 4.78 is 45.3. The van der Waals surface area contributed by atoms with Crippen molar-refractivity contribution in [2.75, 3.05) is 25.1 Å². The zero-order valence-electron chi connectivity index (χ0n) is 10.9. The molecular weight excluding hydrogens is 308 g/mol. The van der Waals surface area contributed by atoms with Crippen molar-refractivity contribution in [1.29, 1.82) is 0 Å². The van der Waals surface area contributed by atoms with E-state index >= 15 is 0 Å². The Morgan fingerprint density at radius 2 is 1.65 bits per heavy atom. The minimum atomic E-state index is -3.91. The fourth-order valence-electron chi connectivity index (χ4n) is 0.947. The Kier molecular flexibility index (Phi) is 6.59. The quantitative estimate of drug-likeness (QED) is 0.550. The Balaban J connectivity index is 4.54. The smallest absolute Gasteiger partial charge is 0.235 e. The van der Waals surface area contributed by atoms with E-state index in [0.29, 0.717) is 5.41 Å². The first-order valence-corrected chi connectivity index (χ1v) is 8.64. The molecular formula is C10H16N2O6S2. The van der Waals surface area contributed by atoms with Crippen LogP contribution in [0.25, 0.3) is 0 Å². The zero-order valence-corrected chi connectivity index (χ0v) is 12.5. The Labute approximate surface area is 117 Å². The van der Waals surface area contributed by atoms with Crippen LogP contribution >= 0.6 is 0 Å². The highest BCUT2D eigenvalue weighted by Crippen LogP contribution is 2.03. The summed E-state index contributed by atoms with van der Waals surface area (Å²) in [5.41, 5.74) is 0. The largest absolute Gasteiger partial charge is 0.358 e. The van der Waals surface area contributed by atoms with Crippen LogP contribution in [-0.4, -0.2) is 53.7 Å². The number of rotatable bonds is 8. The van der Waals surface area contributed by atoms with Crippen LogP contribution in [0.2, 0.25) is 0 Å². The van der Waals surface area contributed by atoms with Crippen LogP contribution in [0.15, 0.2) is 23.5 Å². The molecule has 0 saturated carbocycles. The van der Waals surface area contributed by atoms with E-state index in [9.17, 15) is 26.4 Å². The SMILES string of the molecule is C=CS(=O)(=O)CC(=O)NCC(=C)S(=O)(=O)CC(=O)NC. The van der Waals surface area contributed by atoms with E-state index < -0.39 is 49.5 Å². The average Bonchev–Trinajstić information content (AvgIpc) is 2.34. The van der Waals surface area contributed by atoms with Crippen LogP contribution in [0, 0.1) is 0 Å². The molecule has 0 aliphatic carbocycles. The van der Waals surface area contributed by atoms with Crippen molar-refractivity contribution in [1.82, 2.24) is 10.6 Å². The molecule has 0 aliphatic heterocycles. The summed E-state index contributed by atoms with van der Waals surface area (Å²) >= 11 is 0. The number of carbonyl (C=O) groups excluding carboxylic acids is 2. The Morgan fingerprint density at radius 3 is 2.10 bits per heavy atom. The molecule has 0 spiro atoms. The molecule has 0 radical (unpaired) electrons. The van der Waals surface area contributed by atoms with E-state index in [2.05, 4.69) is 23.8 Å². The van der Waals surface area contributed by atoms with Crippen LogP contribution < -0.4 is 10.6 Å². The molecule has 0 aromatic carbocycles. The number of sulfone groups is 2. The molecule has 0 heterocycles. The van der Waals surface area contributed by atoms with Crippen molar-refractivity contribution >= 4 is 31.5 Å². The fourth-order valence-corrected chi connectivity index (χ4v) is 2.52. The van der Waals surface area contributed by atoms with Gasteiger partial charge in [0.25, 0.3) is 0 Å². The average molecular weight is 324 g/mol. The van der Waals surface area contributed by atoms with Gasteiger partial charge in [-0.3, -0.25) is 9.59 Å². The number of hydrogen-bond acceptors (Lipinski definition) is 6. The van der Waals surface area contributed by atoms with Gasteiger partial charge in [0.05, 0.1) is 11.4 Å². The van der Waals surface area contributed by atoms with E-state index in [4.69, 9.17) is 0 Å². The second-order valence-electron chi connectivity index (χ2n) is 3.72. The normalized spacial score (nSPS) is 11.4. The maximum atomic E-state index is 11.6. The van der Waals surface area contributed by atoms with Gasteiger partial charge in [0, 0.05) is 12.5 Å². The lowest BCUT2D eigenvalue weighted by atomic mass is 10.6. The Morgan fingerprint density at radius 1 is 1.10 bits per heavy atom. The minimum absolute atomic E-state index is 0.384. The molecule has 2 amide bonds. The van der Waals surface area contributed by atoms with Crippen LogP contribution in [0.4, 0.5) is 0 Å². The second kappa shape index (κ2) is 7.20. The van der Waals surface area contributed by atoms with E-state index in [1.807, 2.05) is 0 Å². The third-order valence-corrected chi connectivity index (χ3v) is 4.95. The number of hydrogen-bond donors (Lipinski definition) is 2. The molecule has 114 valence electrons. The van der Waals surface area contributed by atoms with Gasteiger partial charge in [-0.25, -0.2) is 16.8 Å². The molecule has 0 aromatic heterocycles. The lowest BCUT2D eigenvalue weighted by Crippen LogP contribution is -2.34. The summed E-state index contributed by atoms with van der Waals surface area (Å²) in [6.07, 6.45) is 0. The van der Waals surface area contributed by atoms with Crippen molar-refractivity contribution < 1.29 is 26.4 Å². The monoisotopic (exact) mass is 324 g/mol. The highest BCUT2D eigenvalue weighted by Gasteiger charge is 2.21. The third-order valence-electron chi connectivity index (χ3n) is 2.11. The molecule has 20 heavy (non-hydrogen) atoms. The predicted octanol–water partition coefficient (Wildman–Crippen LogP) is -1.66. The molecule has 0 aromatic rings. The van der Waals surface area contributed by atoms with Gasteiger partial charge in [-0.1, -0.05) is 13.2 Å². The fraction of sp³-hybridized carbons (Fsp3) is 0.400. The van der Waals surface area contributed by atoms with Gasteiger partial charge in [-0.05, 0) is 0 Å². The summed E-state index contributed by atoms with van der Waals surface area (Å²) in [5.74, 6) is -3.23. The molecule has 0 atom stereocenters. The zero-order chi connectivity index (χ0) is 16.0. The molecule has 0 fully saturated rings. The van der Waals surface area contributed by atoms with Crippen molar-refractivity contribution in [3.63, 3.8) is 0 Å². The van der Waals surface area contributed by atoms with Crippen molar-refractivity contribution in [2.45, 2.75) is 0 Å². The Hall–Kier alpha value is -1.68. The van der Waals surface area contributed by atoms with E-state index in [1.165, 1.54) is 7.05 Å². The van der Waals surface area contributed by atoms with Crippen LogP contribution in [0.3, 0.4) is 0 Å². The highest BCUT2D eigenvalue weighted by molar-refractivity contribution is 7.96. The summed E-state index contributed by atoms with van der Waals surface area (Å²) in [6.45, 7) is 5.82. The topological polar surface area (TPSA) is 126 Å². The van der Waals surface area contributed by atoms with Gasteiger partial charge in [-0.15, -0.1) is 0 Å². The van der Waals surface area contributed by atoms with Gasteiger partial charge in [0.2, 0.25) is 11.8 Å². The molecule has 0 unspecified atom stereocenters. The first-order chi connectivity index (χ1) is 9.04. The number of carbonyl (C=O) groups is 2. The standard InChI is InChI=1S/C10H16N2O6S2/c1-4-19(15,16)6-10(14)12-5-8(2)20(17,18)7-9(13)11-3/h4H,1-2,5-7H2,3H3,(H,11,13)(H,12,14). The molecule has 2 N–H and O–H groups in total. The summed E-state index contributed by atoms with van der Waals surface area (Å²) in [7, 11) is -6.34. The maximum absolute atomic E-state index is 11.6. The van der Waals surface area contributed by atoms with E-state index in [-0.39, 0.29) is 4.91 Å². The van der Waals surface area contributed by atoms with Crippen LogP contribution in [-0.2, 0) is 29.3 Å².